The van der Waals surface area contributed by atoms with E-state index in [4.69, 9.17) is 5.73 Å². The van der Waals surface area contributed by atoms with Gasteiger partial charge in [-0.2, -0.15) is 0 Å². The highest BCUT2D eigenvalue weighted by Gasteiger charge is 2.26. The Morgan fingerprint density at radius 2 is 2.46 bits per heavy atom. The van der Waals surface area contributed by atoms with E-state index in [0.29, 0.717) is 11.3 Å². The number of amides is 1. The fourth-order valence-corrected chi connectivity index (χ4v) is 2.37. The lowest BCUT2D eigenvalue weighted by Crippen LogP contribution is -2.29. The lowest BCUT2D eigenvalue weighted by atomic mass is 10.2. The molecule has 0 bridgehead atoms. The Hall–Kier alpha value is -0.710. The second-order valence-electron chi connectivity index (χ2n) is 3.07. The molecule has 2 unspecified atom stereocenters. The van der Waals surface area contributed by atoms with Crippen molar-refractivity contribution in [2.45, 2.75) is 31.6 Å². The number of nitrogens with two attached hydrogens (primary N) is 1. The van der Waals surface area contributed by atoms with Gasteiger partial charge in [0, 0.05) is 11.3 Å². The van der Waals surface area contributed by atoms with Gasteiger partial charge in [-0.05, 0) is 6.42 Å². The molecule has 0 radical (unpaired) electrons. The normalized spacial score (nSPS) is 30.5. The molecule has 0 spiro atoms. The van der Waals surface area contributed by atoms with Gasteiger partial charge in [0.1, 0.15) is 6.54 Å². The van der Waals surface area contributed by atoms with Gasteiger partial charge in [-0.1, -0.05) is 25.6 Å². The molecule has 0 aromatic carbocycles. The van der Waals surface area contributed by atoms with E-state index in [-0.39, 0.29) is 12.5 Å². The van der Waals surface area contributed by atoms with E-state index in [1.165, 1.54) is 0 Å². The Bertz CT molecular complexity index is 229. The van der Waals surface area contributed by atoms with E-state index in [1.54, 1.807) is 11.8 Å². The zero-order chi connectivity index (χ0) is 9.84. The Labute approximate surface area is 82.4 Å². The number of amidine groups is 1. The van der Waals surface area contributed by atoms with Crippen molar-refractivity contribution in [3.05, 3.63) is 0 Å². The van der Waals surface area contributed by atoms with Crippen molar-refractivity contribution in [1.82, 2.24) is 5.32 Å². The number of nitrogens with zero attached hydrogens (tertiary/aromatic N) is 1. The monoisotopic (exact) mass is 201 g/mol. The molecule has 1 rings (SSSR count). The van der Waals surface area contributed by atoms with Crippen LogP contribution < -0.4 is 11.1 Å². The molecule has 1 fully saturated rings. The third-order valence-electron chi connectivity index (χ3n) is 1.99. The summed E-state index contributed by atoms with van der Waals surface area (Å²) in [6.07, 6.45) is 1.07. The van der Waals surface area contributed by atoms with Crippen LogP contribution in [0.15, 0.2) is 4.99 Å². The first kappa shape index (κ1) is 10.4. The van der Waals surface area contributed by atoms with E-state index in [0.717, 1.165) is 11.6 Å². The number of aliphatic imine (C=N–C) groups is 1. The molecule has 13 heavy (non-hydrogen) atoms. The summed E-state index contributed by atoms with van der Waals surface area (Å²) < 4.78 is 0. The van der Waals surface area contributed by atoms with Crippen molar-refractivity contribution >= 4 is 22.8 Å². The molecule has 4 nitrogen and oxygen atoms in total. The van der Waals surface area contributed by atoms with Crippen LogP contribution >= 0.6 is 11.8 Å². The summed E-state index contributed by atoms with van der Waals surface area (Å²) in [4.78, 5) is 14.5. The van der Waals surface area contributed by atoms with Crippen molar-refractivity contribution in [3.8, 4) is 0 Å². The minimum atomic E-state index is -0.387. The van der Waals surface area contributed by atoms with Gasteiger partial charge >= 0.3 is 0 Å². The fourth-order valence-electron chi connectivity index (χ4n) is 1.23. The van der Waals surface area contributed by atoms with Gasteiger partial charge < -0.3 is 11.1 Å². The standard InChI is InChI=1S/C8H15N3OS/c1-3-6-5(2)13-8(11-6)10-4-7(9)12/h5-6H,3-4H2,1-2H3,(H2,9,12)(H,10,11). The maximum atomic E-state index is 10.5. The number of rotatable bonds is 3. The number of thioether (sulfide) groups is 1. The van der Waals surface area contributed by atoms with Crippen LogP contribution in [-0.4, -0.2) is 28.9 Å². The van der Waals surface area contributed by atoms with Crippen LogP contribution in [0.25, 0.3) is 0 Å². The van der Waals surface area contributed by atoms with Crippen molar-refractivity contribution in [1.29, 1.82) is 0 Å². The first-order valence-electron chi connectivity index (χ1n) is 4.39. The quantitative estimate of drug-likeness (QED) is 0.691. The zero-order valence-corrected chi connectivity index (χ0v) is 8.73. The van der Waals surface area contributed by atoms with Crippen LogP contribution in [0, 0.1) is 0 Å². The molecule has 1 aliphatic heterocycles. The molecular weight excluding hydrogens is 186 g/mol. The highest BCUT2D eigenvalue weighted by atomic mass is 32.2. The molecule has 1 amide bonds. The fraction of sp³-hybridized carbons (Fsp3) is 0.750. The topological polar surface area (TPSA) is 67.5 Å². The molecule has 3 N–H and O–H groups in total. The Balaban J connectivity index is 2.47. The largest absolute Gasteiger partial charge is 0.368 e. The molecule has 0 aromatic rings. The van der Waals surface area contributed by atoms with Gasteiger partial charge in [-0.3, -0.25) is 9.79 Å². The number of carbonyl (C=O) groups is 1. The highest BCUT2D eigenvalue weighted by molar-refractivity contribution is 8.14. The van der Waals surface area contributed by atoms with Crippen LogP contribution in [0.3, 0.4) is 0 Å². The van der Waals surface area contributed by atoms with Crippen molar-refractivity contribution in [3.63, 3.8) is 0 Å². The summed E-state index contributed by atoms with van der Waals surface area (Å²) in [5.74, 6) is -0.387. The second-order valence-corrected chi connectivity index (χ2v) is 4.44. The van der Waals surface area contributed by atoms with Crippen LogP contribution in [-0.2, 0) is 4.79 Å². The van der Waals surface area contributed by atoms with E-state index < -0.39 is 0 Å². The molecule has 1 heterocycles. The predicted molar refractivity (Wildman–Crippen MR) is 55.8 cm³/mol. The summed E-state index contributed by atoms with van der Waals surface area (Å²) in [5, 5.41) is 4.62. The number of hydrogen-bond donors (Lipinski definition) is 2. The summed E-state index contributed by atoms with van der Waals surface area (Å²) in [6.45, 7) is 4.36. The minimum Gasteiger partial charge on any atom is -0.368 e. The Kier molecular flexibility index (Phi) is 3.59. The smallest absolute Gasteiger partial charge is 0.239 e. The maximum absolute atomic E-state index is 10.5. The van der Waals surface area contributed by atoms with E-state index in [2.05, 4.69) is 24.2 Å². The first-order chi connectivity index (χ1) is 6.13. The van der Waals surface area contributed by atoms with Crippen molar-refractivity contribution < 1.29 is 4.79 Å². The lowest BCUT2D eigenvalue weighted by molar-refractivity contribution is -0.116. The summed E-state index contributed by atoms with van der Waals surface area (Å²) in [6, 6.07) is 0.469. The van der Waals surface area contributed by atoms with Gasteiger partial charge in [-0.25, -0.2) is 0 Å². The van der Waals surface area contributed by atoms with Crippen molar-refractivity contribution in [2.24, 2.45) is 10.7 Å². The molecule has 2 atom stereocenters. The second kappa shape index (κ2) is 4.50. The SMILES string of the molecule is CCC1NC(=NCC(N)=O)SC1C. The van der Waals surface area contributed by atoms with Crippen LogP contribution in [0.2, 0.25) is 0 Å². The Morgan fingerprint density at radius 3 is 2.92 bits per heavy atom. The summed E-state index contributed by atoms with van der Waals surface area (Å²) in [7, 11) is 0. The van der Waals surface area contributed by atoms with E-state index in [1.807, 2.05) is 0 Å². The third-order valence-corrected chi connectivity index (χ3v) is 3.16. The third kappa shape index (κ3) is 2.91. The van der Waals surface area contributed by atoms with Gasteiger partial charge in [0.2, 0.25) is 5.91 Å². The van der Waals surface area contributed by atoms with Gasteiger partial charge in [0.05, 0.1) is 0 Å². The van der Waals surface area contributed by atoms with Gasteiger partial charge in [0.25, 0.3) is 0 Å². The van der Waals surface area contributed by atoms with Crippen LogP contribution in [0.1, 0.15) is 20.3 Å². The average Bonchev–Trinajstić information content (AvgIpc) is 2.43. The number of hydrogen-bond acceptors (Lipinski definition) is 3. The number of carbonyl (C=O) groups excluding carboxylic acids is 1. The molecule has 1 saturated heterocycles. The van der Waals surface area contributed by atoms with E-state index in [9.17, 15) is 4.79 Å². The molecule has 0 aliphatic carbocycles. The van der Waals surface area contributed by atoms with Crippen molar-refractivity contribution in [2.75, 3.05) is 6.54 Å². The lowest BCUT2D eigenvalue weighted by Gasteiger charge is -2.09. The minimum absolute atomic E-state index is 0.0818. The molecule has 0 saturated carbocycles. The van der Waals surface area contributed by atoms with Crippen LogP contribution in [0.5, 0.6) is 0 Å². The number of primary amides is 1. The molecule has 5 heteroatoms. The average molecular weight is 201 g/mol. The summed E-state index contributed by atoms with van der Waals surface area (Å²) in [5.41, 5.74) is 4.99. The van der Waals surface area contributed by atoms with Crippen LogP contribution in [0.4, 0.5) is 0 Å². The predicted octanol–water partition coefficient (Wildman–Crippen LogP) is 0.331. The summed E-state index contributed by atoms with van der Waals surface area (Å²) >= 11 is 1.67. The molecular formula is C8H15N3OS. The molecule has 74 valence electrons. The zero-order valence-electron chi connectivity index (χ0n) is 7.91. The number of nitrogens with one attached hydrogen (secondary N) is 1. The highest BCUT2D eigenvalue weighted by Crippen LogP contribution is 2.24. The molecule has 1 aliphatic rings. The van der Waals surface area contributed by atoms with Gasteiger partial charge in [0.15, 0.2) is 5.17 Å². The maximum Gasteiger partial charge on any atom is 0.239 e. The van der Waals surface area contributed by atoms with Gasteiger partial charge in [-0.15, -0.1) is 0 Å². The molecule has 0 aromatic heterocycles. The Morgan fingerprint density at radius 1 is 1.77 bits per heavy atom. The first-order valence-corrected chi connectivity index (χ1v) is 5.27. The van der Waals surface area contributed by atoms with E-state index >= 15 is 0 Å².